The molecule has 0 atom stereocenters. The van der Waals surface area contributed by atoms with E-state index >= 15 is 0 Å². The van der Waals surface area contributed by atoms with Crippen molar-refractivity contribution >= 4 is 6.09 Å². The van der Waals surface area contributed by atoms with E-state index in [9.17, 15) is 4.79 Å². The Bertz CT molecular complexity index is 340. The number of nitrogens with zero attached hydrogens (tertiary/aromatic N) is 2. The van der Waals surface area contributed by atoms with Crippen LogP contribution in [0, 0.1) is 0 Å². The first kappa shape index (κ1) is 18.6. The van der Waals surface area contributed by atoms with Gasteiger partial charge in [-0.05, 0) is 32.6 Å². The van der Waals surface area contributed by atoms with E-state index in [0.717, 1.165) is 17.6 Å². The molecule has 2 aliphatic rings. The van der Waals surface area contributed by atoms with Gasteiger partial charge in [0.25, 0.3) is 0 Å². The van der Waals surface area contributed by atoms with Gasteiger partial charge in [-0.3, -0.25) is 0 Å². The summed E-state index contributed by atoms with van der Waals surface area (Å²) in [5.74, 6) is 0. The number of ether oxygens (including phenoxy) is 1. The predicted molar refractivity (Wildman–Crippen MR) is 94.4 cm³/mol. The second-order valence-electron chi connectivity index (χ2n) is 8.08. The summed E-state index contributed by atoms with van der Waals surface area (Å²) in [5, 5.41) is 0. The zero-order valence-electron chi connectivity index (χ0n) is 15.6. The Morgan fingerprint density at radius 3 is 1.87 bits per heavy atom. The van der Waals surface area contributed by atoms with Gasteiger partial charge in [0.1, 0.15) is 13.2 Å². The summed E-state index contributed by atoms with van der Waals surface area (Å²) in [4.78, 5) is 15.0. The van der Waals surface area contributed by atoms with Crippen molar-refractivity contribution < 1.29 is 14.0 Å². The van der Waals surface area contributed by atoms with Gasteiger partial charge < -0.3 is 14.1 Å². The zero-order valence-corrected chi connectivity index (χ0v) is 15.6. The molecular formula is C19H37N2O2+. The molecule has 0 spiro atoms. The summed E-state index contributed by atoms with van der Waals surface area (Å²) in [6.45, 7) is 4.67. The third-order valence-corrected chi connectivity index (χ3v) is 5.93. The second kappa shape index (κ2) is 8.91. The van der Waals surface area contributed by atoms with Gasteiger partial charge >= 0.3 is 6.09 Å². The maximum absolute atomic E-state index is 12.8. The Balaban J connectivity index is 1.93. The van der Waals surface area contributed by atoms with Crippen LogP contribution in [-0.2, 0) is 4.74 Å². The molecule has 2 aliphatic carbocycles. The van der Waals surface area contributed by atoms with Crippen molar-refractivity contribution in [1.82, 2.24) is 4.90 Å². The minimum atomic E-state index is -0.0418. The molecule has 0 aliphatic heterocycles. The Morgan fingerprint density at radius 1 is 0.957 bits per heavy atom. The van der Waals surface area contributed by atoms with Crippen molar-refractivity contribution in [2.75, 3.05) is 33.8 Å². The van der Waals surface area contributed by atoms with E-state index < -0.39 is 0 Å². The maximum Gasteiger partial charge on any atom is 0.410 e. The third-order valence-electron chi connectivity index (χ3n) is 5.93. The van der Waals surface area contributed by atoms with Crippen molar-refractivity contribution in [3.63, 3.8) is 0 Å². The standard InChI is InChI=1S/C19H37N2O2/c1-4-21(2,3)15-16-23-19(22)20(17-11-7-5-8-12-17)18-13-9-6-10-14-18/h17-18H,4-16H2,1-3H3/q+1. The van der Waals surface area contributed by atoms with E-state index in [1.54, 1.807) is 0 Å². The largest absolute Gasteiger partial charge is 0.443 e. The maximum atomic E-state index is 12.8. The highest BCUT2D eigenvalue weighted by molar-refractivity contribution is 5.68. The Kier molecular flexibility index (Phi) is 7.19. The molecule has 0 saturated heterocycles. The van der Waals surface area contributed by atoms with Crippen molar-refractivity contribution in [2.24, 2.45) is 0 Å². The lowest BCUT2D eigenvalue weighted by Gasteiger charge is -2.41. The minimum absolute atomic E-state index is 0.0418. The van der Waals surface area contributed by atoms with Gasteiger partial charge in [0, 0.05) is 12.1 Å². The van der Waals surface area contributed by atoms with Gasteiger partial charge in [-0.2, -0.15) is 0 Å². The molecule has 4 nitrogen and oxygen atoms in total. The molecule has 2 saturated carbocycles. The molecule has 0 unspecified atom stereocenters. The highest BCUT2D eigenvalue weighted by Gasteiger charge is 2.33. The fraction of sp³-hybridized carbons (Fsp3) is 0.947. The van der Waals surface area contributed by atoms with Crippen molar-refractivity contribution in [3.05, 3.63) is 0 Å². The first-order valence-electron chi connectivity index (χ1n) is 9.80. The molecule has 0 N–H and O–H groups in total. The van der Waals surface area contributed by atoms with Crippen LogP contribution in [0.25, 0.3) is 0 Å². The summed E-state index contributed by atoms with van der Waals surface area (Å²) in [6, 6.07) is 0.848. The van der Waals surface area contributed by atoms with Crippen LogP contribution < -0.4 is 0 Å². The molecule has 0 bridgehead atoms. The van der Waals surface area contributed by atoms with Gasteiger partial charge in [-0.1, -0.05) is 38.5 Å². The van der Waals surface area contributed by atoms with E-state index in [1.165, 1.54) is 64.2 Å². The van der Waals surface area contributed by atoms with E-state index in [4.69, 9.17) is 4.74 Å². The van der Waals surface area contributed by atoms with Crippen molar-refractivity contribution in [2.45, 2.75) is 83.2 Å². The third kappa shape index (κ3) is 5.66. The Morgan fingerprint density at radius 2 is 1.43 bits per heavy atom. The van der Waals surface area contributed by atoms with E-state index in [2.05, 4.69) is 25.9 Å². The van der Waals surface area contributed by atoms with Crippen LogP contribution >= 0.6 is 0 Å². The quantitative estimate of drug-likeness (QED) is 0.685. The molecule has 0 aromatic heterocycles. The van der Waals surface area contributed by atoms with E-state index in [0.29, 0.717) is 18.7 Å². The molecule has 4 heteroatoms. The zero-order chi connectivity index (χ0) is 16.7. The number of amides is 1. The van der Waals surface area contributed by atoms with Crippen LogP contribution in [-0.4, -0.2) is 61.4 Å². The molecule has 0 heterocycles. The van der Waals surface area contributed by atoms with E-state index in [1.807, 2.05) is 0 Å². The monoisotopic (exact) mass is 325 g/mol. The minimum Gasteiger partial charge on any atom is -0.443 e. The molecular weight excluding hydrogens is 288 g/mol. The lowest BCUT2D eigenvalue weighted by Crippen LogP contribution is -2.50. The predicted octanol–water partition coefficient (Wildman–Crippen LogP) is 4.19. The molecule has 0 aromatic carbocycles. The second-order valence-corrected chi connectivity index (χ2v) is 8.08. The van der Waals surface area contributed by atoms with Crippen LogP contribution in [0.1, 0.15) is 71.1 Å². The smallest absolute Gasteiger partial charge is 0.410 e. The summed E-state index contributed by atoms with van der Waals surface area (Å²) < 4.78 is 6.62. The van der Waals surface area contributed by atoms with Crippen LogP contribution in [0.2, 0.25) is 0 Å². The Labute approximate surface area is 142 Å². The molecule has 2 fully saturated rings. The van der Waals surface area contributed by atoms with Gasteiger partial charge in [0.2, 0.25) is 0 Å². The number of hydrogen-bond acceptors (Lipinski definition) is 2. The number of carbonyl (C=O) groups is 1. The Hall–Kier alpha value is -0.770. The summed E-state index contributed by atoms with van der Waals surface area (Å²) in [7, 11) is 4.38. The van der Waals surface area contributed by atoms with Crippen molar-refractivity contribution in [3.8, 4) is 0 Å². The van der Waals surface area contributed by atoms with Gasteiger partial charge in [0.15, 0.2) is 0 Å². The first-order valence-corrected chi connectivity index (χ1v) is 9.80. The number of likely N-dealkylation sites (N-methyl/N-ethyl adjacent to an activating group) is 1. The average molecular weight is 326 g/mol. The molecule has 134 valence electrons. The summed E-state index contributed by atoms with van der Waals surface area (Å²) in [5.41, 5.74) is 0. The first-order chi connectivity index (χ1) is 11.0. The number of carbonyl (C=O) groups excluding carboxylic acids is 1. The lowest BCUT2D eigenvalue weighted by molar-refractivity contribution is -0.888. The SMILES string of the molecule is CC[N+](C)(C)CCOC(=O)N(C1CCCCC1)C1CCCCC1. The normalized spacial score (nSPS) is 21.2. The van der Waals surface area contributed by atoms with Crippen LogP contribution in [0.15, 0.2) is 0 Å². The summed E-state index contributed by atoms with van der Waals surface area (Å²) in [6.07, 6.45) is 12.3. The number of hydrogen-bond donors (Lipinski definition) is 0. The molecule has 0 aromatic rings. The number of quaternary nitrogens is 1. The van der Waals surface area contributed by atoms with Crippen LogP contribution in [0.3, 0.4) is 0 Å². The number of rotatable bonds is 6. The molecule has 1 amide bonds. The van der Waals surface area contributed by atoms with Gasteiger partial charge in [0.05, 0.1) is 20.6 Å². The topological polar surface area (TPSA) is 29.5 Å². The highest BCUT2D eigenvalue weighted by atomic mass is 16.6. The van der Waals surface area contributed by atoms with Crippen LogP contribution in [0.5, 0.6) is 0 Å². The lowest BCUT2D eigenvalue weighted by atomic mass is 9.89. The van der Waals surface area contributed by atoms with Gasteiger partial charge in [-0.25, -0.2) is 4.79 Å². The fourth-order valence-corrected chi connectivity index (χ4v) is 3.93. The van der Waals surface area contributed by atoms with Gasteiger partial charge in [-0.15, -0.1) is 0 Å². The molecule has 2 rings (SSSR count). The van der Waals surface area contributed by atoms with Crippen molar-refractivity contribution in [1.29, 1.82) is 0 Å². The van der Waals surface area contributed by atoms with Crippen LogP contribution in [0.4, 0.5) is 4.79 Å². The highest BCUT2D eigenvalue weighted by Crippen LogP contribution is 2.30. The van der Waals surface area contributed by atoms with E-state index in [-0.39, 0.29) is 6.09 Å². The fourth-order valence-electron chi connectivity index (χ4n) is 3.93. The molecule has 0 radical (unpaired) electrons. The molecule has 23 heavy (non-hydrogen) atoms. The summed E-state index contributed by atoms with van der Waals surface area (Å²) >= 11 is 0. The average Bonchev–Trinajstić information content (AvgIpc) is 2.57.